The van der Waals surface area contributed by atoms with Crippen LogP contribution in [0.2, 0.25) is 5.28 Å². The quantitative estimate of drug-likeness (QED) is 0.640. The highest BCUT2D eigenvalue weighted by molar-refractivity contribution is 6.28. The molecular formula is C16H14ClN3O. The molecule has 106 valence electrons. The molecule has 0 radical (unpaired) electrons. The number of nitrogens with zero attached hydrogens (tertiary/aromatic N) is 3. The first kappa shape index (κ1) is 12.7. The number of rotatable bonds is 1. The Bertz CT molecular complexity index is 854. The van der Waals surface area contributed by atoms with Crippen molar-refractivity contribution in [1.82, 2.24) is 14.5 Å². The zero-order valence-electron chi connectivity index (χ0n) is 11.8. The van der Waals surface area contributed by atoms with E-state index in [1.807, 2.05) is 18.2 Å². The van der Waals surface area contributed by atoms with Gasteiger partial charge in [-0.3, -0.25) is 0 Å². The zero-order chi connectivity index (χ0) is 14.6. The molecule has 0 N–H and O–H groups in total. The number of hydrogen-bond donors (Lipinski definition) is 0. The van der Waals surface area contributed by atoms with Gasteiger partial charge in [0.05, 0.1) is 16.7 Å². The van der Waals surface area contributed by atoms with Crippen LogP contribution in [0.4, 0.5) is 0 Å². The van der Waals surface area contributed by atoms with Crippen molar-refractivity contribution in [3.05, 3.63) is 41.9 Å². The van der Waals surface area contributed by atoms with Crippen molar-refractivity contribution in [2.24, 2.45) is 0 Å². The molecule has 3 aromatic rings. The van der Waals surface area contributed by atoms with Crippen LogP contribution in [0.1, 0.15) is 13.8 Å². The minimum absolute atomic E-state index is 0.0588. The van der Waals surface area contributed by atoms with Gasteiger partial charge in [0.1, 0.15) is 12.4 Å². The van der Waals surface area contributed by atoms with Crippen molar-refractivity contribution in [2.75, 3.05) is 6.61 Å². The molecule has 5 heteroatoms. The number of benzene rings is 1. The summed E-state index contributed by atoms with van der Waals surface area (Å²) in [7, 11) is 0. The Balaban J connectivity index is 2.03. The fraction of sp³-hybridized carbons (Fsp3) is 0.250. The topological polar surface area (TPSA) is 39.9 Å². The zero-order valence-corrected chi connectivity index (χ0v) is 12.6. The fourth-order valence-electron chi connectivity index (χ4n) is 2.88. The van der Waals surface area contributed by atoms with Crippen molar-refractivity contribution in [1.29, 1.82) is 0 Å². The lowest BCUT2D eigenvalue weighted by Gasteiger charge is -2.33. The molecule has 2 aromatic heterocycles. The monoisotopic (exact) mass is 299 g/mol. The van der Waals surface area contributed by atoms with E-state index in [4.69, 9.17) is 16.3 Å². The van der Waals surface area contributed by atoms with Gasteiger partial charge in [0, 0.05) is 23.3 Å². The molecular weight excluding hydrogens is 286 g/mol. The van der Waals surface area contributed by atoms with Gasteiger partial charge in [-0.25, -0.2) is 9.97 Å². The third-order valence-corrected chi connectivity index (χ3v) is 4.13. The van der Waals surface area contributed by atoms with Crippen LogP contribution in [0.15, 0.2) is 36.7 Å². The van der Waals surface area contributed by atoms with Gasteiger partial charge >= 0.3 is 0 Å². The molecule has 21 heavy (non-hydrogen) atoms. The van der Waals surface area contributed by atoms with Crippen LogP contribution in [0.5, 0.6) is 5.75 Å². The van der Waals surface area contributed by atoms with E-state index in [1.165, 1.54) is 0 Å². The number of halogens is 1. The Morgan fingerprint density at radius 3 is 2.90 bits per heavy atom. The molecule has 4 rings (SSSR count). The van der Waals surface area contributed by atoms with E-state index in [9.17, 15) is 0 Å². The van der Waals surface area contributed by atoms with Crippen molar-refractivity contribution in [3.8, 4) is 17.0 Å². The van der Waals surface area contributed by atoms with Crippen molar-refractivity contribution in [3.63, 3.8) is 0 Å². The Morgan fingerprint density at radius 2 is 2.10 bits per heavy atom. The van der Waals surface area contributed by atoms with E-state index < -0.39 is 0 Å². The first-order valence-corrected chi connectivity index (χ1v) is 7.20. The minimum atomic E-state index is -0.0588. The van der Waals surface area contributed by atoms with Gasteiger partial charge in [-0.15, -0.1) is 0 Å². The smallest absolute Gasteiger partial charge is 0.222 e. The molecule has 3 heterocycles. The lowest BCUT2D eigenvalue weighted by atomic mass is 10.0. The van der Waals surface area contributed by atoms with Crippen molar-refractivity contribution >= 4 is 22.5 Å². The average Bonchev–Trinajstić information content (AvgIpc) is 2.90. The molecule has 1 aliphatic heterocycles. The van der Waals surface area contributed by atoms with Gasteiger partial charge in [0.25, 0.3) is 0 Å². The highest BCUT2D eigenvalue weighted by Crippen LogP contribution is 2.40. The summed E-state index contributed by atoms with van der Waals surface area (Å²) in [5.74, 6) is 0.915. The summed E-state index contributed by atoms with van der Waals surface area (Å²) in [5.41, 5.74) is 2.91. The van der Waals surface area contributed by atoms with E-state index in [0.29, 0.717) is 6.61 Å². The molecule has 0 amide bonds. The number of ether oxygens (including phenoxy) is 1. The summed E-state index contributed by atoms with van der Waals surface area (Å²) in [6.45, 7) is 5.01. The molecule has 0 fully saturated rings. The standard InChI is InChI=1S/C16H14ClN3O/c1-16(2)9-21-13-4-3-10(11-6-8-20(16)14(11)13)12-5-7-18-15(17)19-12/h3-8H,9H2,1-2H3. The summed E-state index contributed by atoms with van der Waals surface area (Å²) in [5, 5.41) is 1.38. The van der Waals surface area contributed by atoms with Gasteiger partial charge in [-0.1, -0.05) is 0 Å². The van der Waals surface area contributed by atoms with E-state index in [0.717, 1.165) is 27.9 Å². The molecule has 0 aliphatic carbocycles. The maximum absolute atomic E-state index is 5.91. The minimum Gasteiger partial charge on any atom is -0.489 e. The third kappa shape index (κ3) is 1.83. The molecule has 0 saturated carbocycles. The summed E-state index contributed by atoms with van der Waals surface area (Å²) in [6, 6.07) is 8.01. The van der Waals surface area contributed by atoms with E-state index >= 15 is 0 Å². The van der Waals surface area contributed by atoms with Crippen LogP contribution < -0.4 is 4.74 Å². The van der Waals surface area contributed by atoms with Crippen LogP contribution >= 0.6 is 11.6 Å². The molecule has 0 atom stereocenters. The molecule has 1 aromatic carbocycles. The van der Waals surface area contributed by atoms with Crippen LogP contribution in [-0.4, -0.2) is 21.1 Å². The number of hydrogen-bond acceptors (Lipinski definition) is 3. The summed E-state index contributed by atoms with van der Waals surface area (Å²) in [4.78, 5) is 8.26. The Hall–Kier alpha value is -2.07. The summed E-state index contributed by atoms with van der Waals surface area (Å²) in [6.07, 6.45) is 3.79. The molecule has 0 unspecified atom stereocenters. The second kappa shape index (κ2) is 4.21. The third-order valence-electron chi connectivity index (χ3n) is 3.95. The predicted molar refractivity (Wildman–Crippen MR) is 82.8 cm³/mol. The first-order chi connectivity index (χ1) is 10.1. The molecule has 0 bridgehead atoms. The van der Waals surface area contributed by atoms with Gasteiger partial charge < -0.3 is 9.30 Å². The second-order valence-corrected chi connectivity index (χ2v) is 6.21. The summed E-state index contributed by atoms with van der Waals surface area (Å²) >= 11 is 5.91. The predicted octanol–water partition coefficient (Wildman–Crippen LogP) is 3.88. The highest BCUT2D eigenvalue weighted by Gasteiger charge is 2.29. The lowest BCUT2D eigenvalue weighted by molar-refractivity contribution is 0.172. The lowest BCUT2D eigenvalue weighted by Crippen LogP contribution is -2.35. The van der Waals surface area contributed by atoms with Crippen LogP contribution in [0.3, 0.4) is 0 Å². The largest absolute Gasteiger partial charge is 0.489 e. The highest BCUT2D eigenvalue weighted by atomic mass is 35.5. The Labute approximate surface area is 127 Å². The maximum atomic E-state index is 5.91. The maximum Gasteiger partial charge on any atom is 0.222 e. The van der Waals surface area contributed by atoms with Crippen LogP contribution in [-0.2, 0) is 5.54 Å². The molecule has 4 nitrogen and oxygen atoms in total. The van der Waals surface area contributed by atoms with E-state index in [2.05, 4.69) is 40.6 Å². The normalized spacial score (nSPS) is 16.0. The van der Waals surface area contributed by atoms with Gasteiger partial charge in [0.15, 0.2) is 0 Å². The Kier molecular flexibility index (Phi) is 2.54. The molecule has 0 spiro atoms. The molecule has 1 aliphatic rings. The van der Waals surface area contributed by atoms with Gasteiger partial charge in [0.2, 0.25) is 5.28 Å². The van der Waals surface area contributed by atoms with Gasteiger partial charge in [-0.05, 0) is 49.7 Å². The van der Waals surface area contributed by atoms with Crippen molar-refractivity contribution < 1.29 is 4.74 Å². The van der Waals surface area contributed by atoms with Crippen LogP contribution in [0.25, 0.3) is 22.2 Å². The second-order valence-electron chi connectivity index (χ2n) is 5.87. The Morgan fingerprint density at radius 1 is 1.24 bits per heavy atom. The SMILES string of the molecule is CC1(C)COc2ccc(-c3ccnc(Cl)n3)c3ccn1c23. The number of aromatic nitrogens is 3. The first-order valence-electron chi connectivity index (χ1n) is 6.82. The fourth-order valence-corrected chi connectivity index (χ4v) is 3.03. The van der Waals surface area contributed by atoms with Crippen LogP contribution in [0, 0.1) is 0 Å². The average molecular weight is 300 g/mol. The molecule has 0 saturated heterocycles. The van der Waals surface area contributed by atoms with Gasteiger partial charge in [-0.2, -0.15) is 0 Å². The summed E-state index contributed by atoms with van der Waals surface area (Å²) < 4.78 is 8.18. The van der Waals surface area contributed by atoms with E-state index in [1.54, 1.807) is 6.20 Å². The van der Waals surface area contributed by atoms with Crippen molar-refractivity contribution in [2.45, 2.75) is 19.4 Å². The van der Waals surface area contributed by atoms with E-state index in [-0.39, 0.29) is 10.8 Å².